The van der Waals surface area contributed by atoms with Crippen molar-refractivity contribution >= 4 is 10.9 Å². The molecule has 0 unspecified atom stereocenters. The Balaban J connectivity index is 1.90. The molecule has 4 aromatic rings. The lowest BCUT2D eigenvalue weighted by atomic mass is 10.1. The summed E-state index contributed by atoms with van der Waals surface area (Å²) in [7, 11) is 3.78. The second-order valence-electron chi connectivity index (χ2n) is 4.99. The molecule has 4 aromatic heterocycles. The van der Waals surface area contributed by atoms with E-state index in [-0.39, 0.29) is 0 Å². The van der Waals surface area contributed by atoms with E-state index < -0.39 is 0 Å². The molecule has 0 spiro atoms. The topological polar surface area (TPSA) is 77.2 Å². The molecule has 0 aliphatic heterocycles. The summed E-state index contributed by atoms with van der Waals surface area (Å²) in [5.41, 5.74) is 4.62. The maximum absolute atomic E-state index is 4.46. The zero-order valence-electron chi connectivity index (χ0n) is 11.6. The molecule has 0 saturated carbocycles. The number of aromatic nitrogens is 7. The van der Waals surface area contributed by atoms with Gasteiger partial charge in [0.2, 0.25) is 0 Å². The fourth-order valence-corrected chi connectivity index (χ4v) is 2.39. The lowest BCUT2D eigenvalue weighted by Crippen LogP contribution is -1.85. The fraction of sp³-hybridized carbons (Fsp3) is 0.143. The molecular formula is C14H13N7. The molecule has 0 amide bonds. The van der Waals surface area contributed by atoms with Gasteiger partial charge in [0.1, 0.15) is 5.69 Å². The van der Waals surface area contributed by atoms with Crippen LogP contribution in [0.1, 0.15) is 0 Å². The molecule has 0 atom stereocenters. The van der Waals surface area contributed by atoms with Gasteiger partial charge in [-0.1, -0.05) is 0 Å². The Hall–Kier alpha value is -2.96. The molecule has 0 saturated heterocycles. The van der Waals surface area contributed by atoms with Gasteiger partial charge in [-0.05, 0) is 6.07 Å². The Morgan fingerprint density at radius 2 is 1.67 bits per heavy atom. The van der Waals surface area contributed by atoms with Crippen LogP contribution in [0.25, 0.3) is 33.4 Å². The number of H-pyrrole nitrogens is 1. The molecule has 4 heterocycles. The van der Waals surface area contributed by atoms with E-state index in [9.17, 15) is 0 Å². The number of rotatable bonds is 2. The average Bonchev–Trinajstić information content (AvgIpc) is 3.17. The predicted molar refractivity (Wildman–Crippen MR) is 78.3 cm³/mol. The highest BCUT2D eigenvalue weighted by molar-refractivity contribution is 5.94. The van der Waals surface area contributed by atoms with E-state index in [2.05, 4.69) is 25.4 Å². The summed E-state index contributed by atoms with van der Waals surface area (Å²) in [5.74, 6) is 0. The van der Waals surface area contributed by atoms with E-state index in [0.29, 0.717) is 0 Å². The first-order valence-corrected chi connectivity index (χ1v) is 6.53. The average molecular weight is 279 g/mol. The maximum Gasteiger partial charge on any atom is 0.103 e. The third-order valence-electron chi connectivity index (χ3n) is 3.43. The van der Waals surface area contributed by atoms with E-state index in [0.717, 1.165) is 33.4 Å². The van der Waals surface area contributed by atoms with Crippen LogP contribution in [-0.4, -0.2) is 34.7 Å². The van der Waals surface area contributed by atoms with Crippen LogP contribution in [-0.2, 0) is 14.1 Å². The molecule has 0 fully saturated rings. The highest BCUT2D eigenvalue weighted by atomic mass is 15.2. The van der Waals surface area contributed by atoms with Gasteiger partial charge >= 0.3 is 0 Å². The first-order chi connectivity index (χ1) is 10.2. The van der Waals surface area contributed by atoms with E-state index in [1.807, 2.05) is 32.6 Å². The molecule has 0 radical (unpaired) electrons. The number of pyridine rings is 1. The van der Waals surface area contributed by atoms with Crippen molar-refractivity contribution in [1.29, 1.82) is 0 Å². The monoisotopic (exact) mass is 279 g/mol. The number of hydrogen-bond donors (Lipinski definition) is 1. The molecule has 0 aromatic carbocycles. The lowest BCUT2D eigenvalue weighted by molar-refractivity contribution is 0.768. The SMILES string of the molecule is Cn1cc(-c2cc3c(-c4cnn(C)c4)n[nH]c3cn2)cn1. The molecule has 4 rings (SSSR count). The Kier molecular flexibility index (Phi) is 2.41. The van der Waals surface area contributed by atoms with Crippen LogP contribution in [0.5, 0.6) is 0 Å². The van der Waals surface area contributed by atoms with E-state index in [1.54, 1.807) is 28.0 Å². The van der Waals surface area contributed by atoms with Crippen molar-refractivity contribution in [3.63, 3.8) is 0 Å². The van der Waals surface area contributed by atoms with E-state index in [1.165, 1.54) is 0 Å². The number of aryl methyl sites for hydroxylation is 2. The maximum atomic E-state index is 4.46. The summed E-state index contributed by atoms with van der Waals surface area (Å²) in [6, 6.07) is 2.03. The number of nitrogens with one attached hydrogen (secondary N) is 1. The third-order valence-corrected chi connectivity index (χ3v) is 3.43. The van der Waals surface area contributed by atoms with E-state index >= 15 is 0 Å². The summed E-state index contributed by atoms with van der Waals surface area (Å²) in [6.07, 6.45) is 9.29. The van der Waals surface area contributed by atoms with Crippen molar-refractivity contribution in [2.45, 2.75) is 0 Å². The predicted octanol–water partition coefficient (Wildman–Crippen LogP) is 1.76. The molecule has 7 heteroatoms. The van der Waals surface area contributed by atoms with Crippen molar-refractivity contribution < 1.29 is 0 Å². The Morgan fingerprint density at radius 3 is 2.33 bits per heavy atom. The number of aromatic amines is 1. The minimum absolute atomic E-state index is 0.877. The molecule has 21 heavy (non-hydrogen) atoms. The van der Waals surface area contributed by atoms with Crippen molar-refractivity contribution in [3.05, 3.63) is 37.1 Å². The fourth-order valence-electron chi connectivity index (χ4n) is 2.39. The number of hydrogen-bond acceptors (Lipinski definition) is 4. The lowest BCUT2D eigenvalue weighted by Gasteiger charge is -1.98. The Morgan fingerprint density at radius 1 is 0.952 bits per heavy atom. The summed E-state index contributed by atoms with van der Waals surface area (Å²) in [6.45, 7) is 0. The van der Waals surface area contributed by atoms with Gasteiger partial charge < -0.3 is 0 Å². The van der Waals surface area contributed by atoms with Gasteiger partial charge in [-0.15, -0.1) is 0 Å². The number of nitrogens with zero attached hydrogens (tertiary/aromatic N) is 6. The Labute approximate surface area is 120 Å². The zero-order chi connectivity index (χ0) is 14.4. The van der Waals surface area contributed by atoms with Gasteiger partial charge in [0, 0.05) is 43.0 Å². The third kappa shape index (κ3) is 1.90. The van der Waals surface area contributed by atoms with Gasteiger partial charge in [-0.25, -0.2) is 0 Å². The largest absolute Gasteiger partial charge is 0.276 e. The van der Waals surface area contributed by atoms with Crippen molar-refractivity contribution in [2.24, 2.45) is 14.1 Å². The van der Waals surface area contributed by atoms with Crippen molar-refractivity contribution in [1.82, 2.24) is 34.7 Å². The summed E-state index contributed by atoms with van der Waals surface area (Å²) >= 11 is 0. The summed E-state index contributed by atoms with van der Waals surface area (Å²) in [5, 5.41) is 16.8. The van der Waals surface area contributed by atoms with E-state index in [4.69, 9.17) is 0 Å². The van der Waals surface area contributed by atoms with Gasteiger partial charge in [0.15, 0.2) is 0 Å². The molecular weight excluding hydrogens is 266 g/mol. The molecule has 0 bridgehead atoms. The molecule has 104 valence electrons. The molecule has 0 aliphatic carbocycles. The summed E-state index contributed by atoms with van der Waals surface area (Å²) in [4.78, 5) is 4.46. The van der Waals surface area contributed by atoms with Crippen molar-refractivity contribution in [2.75, 3.05) is 0 Å². The van der Waals surface area contributed by atoms with Gasteiger partial charge in [0.25, 0.3) is 0 Å². The minimum atomic E-state index is 0.877. The first kappa shape index (κ1) is 11.8. The molecule has 1 N–H and O–H groups in total. The van der Waals surface area contributed by atoms with Crippen LogP contribution in [0.15, 0.2) is 37.1 Å². The smallest absolute Gasteiger partial charge is 0.103 e. The quantitative estimate of drug-likeness (QED) is 0.606. The minimum Gasteiger partial charge on any atom is -0.276 e. The van der Waals surface area contributed by atoms with Crippen molar-refractivity contribution in [3.8, 4) is 22.5 Å². The molecule has 7 nitrogen and oxygen atoms in total. The van der Waals surface area contributed by atoms with Gasteiger partial charge in [-0.3, -0.25) is 19.4 Å². The highest BCUT2D eigenvalue weighted by Gasteiger charge is 2.12. The van der Waals surface area contributed by atoms with Crippen LogP contribution in [0.4, 0.5) is 0 Å². The first-order valence-electron chi connectivity index (χ1n) is 6.53. The Bertz CT molecular complexity index is 928. The number of fused-ring (bicyclic) bond motifs is 1. The van der Waals surface area contributed by atoms with Gasteiger partial charge in [0.05, 0.1) is 29.8 Å². The van der Waals surface area contributed by atoms with Crippen LogP contribution in [0.3, 0.4) is 0 Å². The second-order valence-corrected chi connectivity index (χ2v) is 4.99. The normalized spacial score (nSPS) is 11.3. The van der Waals surface area contributed by atoms with Gasteiger partial charge in [-0.2, -0.15) is 15.3 Å². The van der Waals surface area contributed by atoms with Crippen LogP contribution < -0.4 is 0 Å². The zero-order valence-corrected chi connectivity index (χ0v) is 11.6. The summed E-state index contributed by atoms with van der Waals surface area (Å²) < 4.78 is 3.53. The van der Waals surface area contributed by atoms with Crippen LogP contribution in [0, 0.1) is 0 Å². The van der Waals surface area contributed by atoms with Crippen LogP contribution >= 0.6 is 0 Å². The van der Waals surface area contributed by atoms with Crippen LogP contribution in [0.2, 0.25) is 0 Å². The highest BCUT2D eigenvalue weighted by Crippen LogP contribution is 2.28. The molecule has 0 aliphatic rings. The second kappa shape index (κ2) is 4.27. The standard InChI is InChI=1S/C14H13N7/c1-20-7-9(4-16-20)12-3-11-13(6-15-12)18-19-14(11)10-5-17-21(2)8-10/h3-8H,1-2H3,(H,18,19).